The first-order valence-corrected chi connectivity index (χ1v) is 13.1. The Morgan fingerprint density at radius 2 is 1.30 bits per heavy atom. The van der Waals surface area contributed by atoms with E-state index in [9.17, 15) is 22.8 Å². The lowest BCUT2D eigenvalue weighted by Crippen LogP contribution is -2.25. The summed E-state index contributed by atoms with van der Waals surface area (Å²) in [5.74, 6) is -2.86. The second-order valence-electron chi connectivity index (χ2n) is 8.35. The zero-order valence-corrected chi connectivity index (χ0v) is 20.9. The number of fused-ring (bicyclic) bond motifs is 3. The van der Waals surface area contributed by atoms with Crippen molar-refractivity contribution in [2.24, 2.45) is 0 Å². The van der Waals surface area contributed by atoms with Crippen molar-refractivity contribution in [3.63, 3.8) is 0 Å². The predicted molar refractivity (Wildman–Crippen MR) is 148 cm³/mol. The molecule has 5 aromatic rings. The van der Waals surface area contributed by atoms with Gasteiger partial charge < -0.3 is 0 Å². The van der Waals surface area contributed by atoms with Gasteiger partial charge in [-0.05, 0) is 28.6 Å². The fourth-order valence-corrected chi connectivity index (χ4v) is 6.15. The van der Waals surface area contributed by atoms with E-state index >= 15 is 0 Å². The maximum atomic E-state index is 12.8. The number of ketones is 2. The number of halogens is 3. The SMILES string of the molecule is O=C(CC(=O)C(F)(F)F)c1cc2c(s1)c(C=Cc1ccccc1)c(C=Cc1ccccc1)c1sccc12. The summed E-state index contributed by atoms with van der Waals surface area (Å²) in [6.45, 7) is 0. The molecule has 2 nitrogen and oxygen atoms in total. The van der Waals surface area contributed by atoms with Crippen molar-refractivity contribution in [1.29, 1.82) is 0 Å². The summed E-state index contributed by atoms with van der Waals surface area (Å²) in [6, 6.07) is 23.2. The Labute approximate surface area is 219 Å². The van der Waals surface area contributed by atoms with Crippen LogP contribution in [0.4, 0.5) is 13.2 Å². The van der Waals surface area contributed by atoms with Gasteiger partial charge in [-0.15, -0.1) is 22.7 Å². The van der Waals surface area contributed by atoms with Crippen molar-refractivity contribution < 1.29 is 22.8 Å². The quantitative estimate of drug-likeness (QED) is 0.119. The van der Waals surface area contributed by atoms with Crippen LogP contribution in [0, 0.1) is 0 Å². The van der Waals surface area contributed by atoms with E-state index < -0.39 is 24.2 Å². The first-order chi connectivity index (χ1) is 17.8. The molecule has 7 heteroatoms. The second kappa shape index (κ2) is 10.3. The van der Waals surface area contributed by atoms with Crippen LogP contribution in [0.15, 0.2) is 78.2 Å². The number of carbonyl (C=O) groups excluding carboxylic acids is 2. The fraction of sp³-hybridized carbons (Fsp3) is 0.0667. The molecular formula is C30H19F3O2S2. The molecule has 0 saturated heterocycles. The third-order valence-electron chi connectivity index (χ3n) is 5.86. The van der Waals surface area contributed by atoms with E-state index in [2.05, 4.69) is 0 Å². The van der Waals surface area contributed by atoms with Gasteiger partial charge in [-0.2, -0.15) is 13.2 Å². The molecule has 184 valence electrons. The van der Waals surface area contributed by atoms with Crippen LogP contribution in [-0.2, 0) is 4.79 Å². The summed E-state index contributed by atoms with van der Waals surface area (Å²) in [5, 5.41) is 3.66. The molecule has 0 amide bonds. The van der Waals surface area contributed by atoms with Crippen molar-refractivity contribution in [2.75, 3.05) is 0 Å². The summed E-state index contributed by atoms with van der Waals surface area (Å²) < 4.78 is 40.2. The van der Waals surface area contributed by atoms with Crippen molar-refractivity contribution in [2.45, 2.75) is 12.6 Å². The minimum atomic E-state index is -5.04. The van der Waals surface area contributed by atoms with Gasteiger partial charge in [-0.1, -0.05) is 85.0 Å². The molecule has 0 bridgehead atoms. The number of Topliss-reactive ketones (excluding diaryl/α,β-unsaturated/α-hetero) is 2. The highest BCUT2D eigenvalue weighted by Gasteiger charge is 2.39. The highest BCUT2D eigenvalue weighted by Crippen LogP contribution is 2.42. The Balaban J connectivity index is 1.69. The minimum absolute atomic E-state index is 0.138. The van der Waals surface area contributed by atoms with Crippen molar-refractivity contribution in [1.82, 2.24) is 0 Å². The fourth-order valence-electron chi connectivity index (χ4n) is 4.05. The van der Waals surface area contributed by atoms with Gasteiger partial charge in [0.25, 0.3) is 0 Å². The van der Waals surface area contributed by atoms with Crippen molar-refractivity contribution >= 4 is 78.7 Å². The standard InChI is InChI=1S/C30H19F3O2S2/c31-30(32,33)27(35)18-25(34)26-17-24-23-15-16-36-28(23)21(13-11-19-7-3-1-4-8-19)22(29(24)37-26)14-12-20-9-5-2-6-10-20/h1-17H,18H2. The summed E-state index contributed by atoms with van der Waals surface area (Å²) in [5.41, 5.74) is 3.84. The molecule has 0 aliphatic carbocycles. The maximum Gasteiger partial charge on any atom is 0.450 e. The van der Waals surface area contributed by atoms with Crippen LogP contribution in [-0.4, -0.2) is 17.7 Å². The van der Waals surface area contributed by atoms with E-state index in [4.69, 9.17) is 0 Å². The smallest absolute Gasteiger partial charge is 0.293 e. The van der Waals surface area contributed by atoms with E-state index in [1.165, 1.54) is 0 Å². The molecular weight excluding hydrogens is 513 g/mol. The van der Waals surface area contributed by atoms with Gasteiger partial charge >= 0.3 is 6.18 Å². The second-order valence-corrected chi connectivity index (χ2v) is 10.3. The number of rotatable bonds is 7. The molecule has 0 fully saturated rings. The molecule has 0 N–H and O–H groups in total. The van der Waals surface area contributed by atoms with E-state index in [1.807, 2.05) is 96.4 Å². The largest absolute Gasteiger partial charge is 0.450 e. The highest BCUT2D eigenvalue weighted by atomic mass is 32.1. The number of thiophene rings is 2. The van der Waals surface area contributed by atoms with Gasteiger partial charge in [0.2, 0.25) is 5.78 Å². The van der Waals surface area contributed by atoms with Gasteiger partial charge in [-0.25, -0.2) is 0 Å². The molecule has 3 aromatic carbocycles. The van der Waals surface area contributed by atoms with E-state index in [0.717, 1.165) is 53.8 Å². The maximum absolute atomic E-state index is 12.8. The summed E-state index contributed by atoms with van der Waals surface area (Å²) in [7, 11) is 0. The van der Waals surface area contributed by atoms with E-state index in [0.29, 0.717) is 0 Å². The highest BCUT2D eigenvalue weighted by molar-refractivity contribution is 7.22. The topological polar surface area (TPSA) is 34.1 Å². The van der Waals surface area contributed by atoms with Crippen LogP contribution in [0.3, 0.4) is 0 Å². The average Bonchev–Trinajstić information content (AvgIpc) is 3.55. The molecule has 37 heavy (non-hydrogen) atoms. The molecule has 2 aromatic heterocycles. The van der Waals surface area contributed by atoms with Crippen LogP contribution in [0.1, 0.15) is 38.3 Å². The lowest BCUT2D eigenvalue weighted by atomic mass is 9.99. The monoisotopic (exact) mass is 532 g/mol. The summed E-state index contributed by atoms with van der Waals surface area (Å²) in [4.78, 5) is 24.3. The van der Waals surface area contributed by atoms with Crippen LogP contribution in [0.25, 0.3) is 44.5 Å². The Kier molecular flexibility index (Phi) is 6.91. The van der Waals surface area contributed by atoms with Crippen molar-refractivity contribution in [3.05, 3.63) is 105 Å². The van der Waals surface area contributed by atoms with Crippen LogP contribution in [0.5, 0.6) is 0 Å². The zero-order valence-electron chi connectivity index (χ0n) is 19.3. The molecule has 0 saturated carbocycles. The molecule has 0 unspecified atom stereocenters. The Morgan fingerprint density at radius 3 is 1.86 bits per heavy atom. The molecule has 0 spiro atoms. The lowest BCUT2D eigenvalue weighted by Gasteiger charge is -2.07. The van der Waals surface area contributed by atoms with Gasteiger partial charge in [0.05, 0.1) is 11.3 Å². The minimum Gasteiger partial charge on any atom is -0.293 e. The van der Waals surface area contributed by atoms with Gasteiger partial charge in [0.15, 0.2) is 5.78 Å². The number of carbonyl (C=O) groups is 2. The Hall–Kier alpha value is -3.81. The summed E-state index contributed by atoms with van der Waals surface area (Å²) >= 11 is 2.69. The number of alkyl halides is 3. The average molecular weight is 533 g/mol. The normalized spacial score (nSPS) is 12.3. The summed E-state index contributed by atoms with van der Waals surface area (Å²) in [6.07, 6.45) is 1.77. The molecule has 5 rings (SSSR count). The molecule has 0 radical (unpaired) electrons. The Morgan fingerprint density at radius 1 is 0.730 bits per heavy atom. The Bertz CT molecular complexity index is 1660. The molecule has 2 heterocycles. The molecule has 0 aliphatic rings. The first kappa shape index (κ1) is 24.9. The van der Waals surface area contributed by atoms with E-state index in [-0.39, 0.29) is 4.88 Å². The molecule has 0 atom stereocenters. The predicted octanol–water partition coefficient (Wildman–Crippen LogP) is 9.16. The van der Waals surface area contributed by atoms with E-state index in [1.54, 1.807) is 17.4 Å². The van der Waals surface area contributed by atoms with Crippen LogP contribution in [0.2, 0.25) is 0 Å². The van der Waals surface area contributed by atoms with Crippen molar-refractivity contribution in [3.8, 4) is 0 Å². The molecule has 0 aliphatic heterocycles. The third kappa shape index (κ3) is 5.33. The van der Waals surface area contributed by atoms with Crippen LogP contribution < -0.4 is 0 Å². The number of hydrogen-bond donors (Lipinski definition) is 0. The lowest BCUT2D eigenvalue weighted by molar-refractivity contribution is -0.170. The van der Waals surface area contributed by atoms with Gasteiger partial charge in [0, 0.05) is 31.3 Å². The number of hydrogen-bond acceptors (Lipinski definition) is 4. The first-order valence-electron chi connectivity index (χ1n) is 11.4. The zero-order chi connectivity index (χ0) is 26.0. The van der Waals surface area contributed by atoms with Crippen LogP contribution >= 0.6 is 22.7 Å². The third-order valence-corrected chi connectivity index (χ3v) is 8.02. The van der Waals surface area contributed by atoms with Gasteiger partial charge in [-0.3, -0.25) is 9.59 Å². The van der Waals surface area contributed by atoms with Gasteiger partial charge in [0.1, 0.15) is 0 Å². The number of benzene rings is 3.